The Hall–Kier alpha value is -3.03. The van der Waals surface area contributed by atoms with Crippen LogP contribution >= 0.6 is 0 Å². The smallest absolute Gasteiger partial charge is 0.305 e. The largest absolute Gasteiger partial charge is 0.457 e. The van der Waals surface area contributed by atoms with E-state index in [1.54, 1.807) is 6.07 Å². The normalized spacial score (nSPS) is 13.4. The summed E-state index contributed by atoms with van der Waals surface area (Å²) in [6, 6.07) is 5.44. The number of benzene rings is 1. The van der Waals surface area contributed by atoms with Gasteiger partial charge in [0.1, 0.15) is 17.3 Å². The fourth-order valence-electron chi connectivity index (χ4n) is 2.15. The molecule has 124 valence electrons. The molecule has 0 radical (unpaired) electrons. The third-order valence-corrected chi connectivity index (χ3v) is 3.67. The van der Waals surface area contributed by atoms with E-state index in [0.29, 0.717) is 11.6 Å². The van der Waals surface area contributed by atoms with Crippen LogP contribution in [0.5, 0.6) is 11.5 Å². The van der Waals surface area contributed by atoms with Crippen LogP contribution < -0.4 is 10.1 Å². The molecule has 3 rings (SSSR count). The van der Waals surface area contributed by atoms with Crippen LogP contribution in [-0.4, -0.2) is 15.8 Å². The molecule has 0 atom stereocenters. The molecule has 1 amide bonds. The summed E-state index contributed by atoms with van der Waals surface area (Å²) in [5.74, 6) is -0.144. The number of amides is 1. The molecule has 1 saturated carbocycles. The fraction of sp³-hybridized carbons (Fsp3) is 0.250. The van der Waals surface area contributed by atoms with E-state index in [4.69, 9.17) is 4.74 Å². The third-order valence-electron chi connectivity index (χ3n) is 3.67. The molecule has 0 unspecified atom stereocenters. The highest BCUT2D eigenvalue weighted by molar-refractivity contribution is 5.93. The molecule has 0 spiro atoms. The average molecular weight is 331 g/mol. The predicted molar refractivity (Wildman–Crippen MR) is 83.5 cm³/mol. The molecule has 24 heavy (non-hydrogen) atoms. The number of nitro benzene ring substituents is 1. The third kappa shape index (κ3) is 3.32. The second-order valence-electron chi connectivity index (χ2n) is 5.52. The van der Waals surface area contributed by atoms with Gasteiger partial charge in [0.2, 0.25) is 11.7 Å². The minimum atomic E-state index is -0.936. The zero-order valence-corrected chi connectivity index (χ0v) is 12.8. The van der Waals surface area contributed by atoms with Gasteiger partial charge in [-0.1, -0.05) is 0 Å². The Balaban J connectivity index is 1.79. The standard InChI is InChI=1S/C16H14FN3O4/c1-9-13(5-4-12(15(9)17)20(22)23)24-11-6-7-18-14(8-11)19-16(21)10-2-3-10/h4-8,10H,2-3H2,1H3,(H,18,19,21). The van der Waals surface area contributed by atoms with Gasteiger partial charge >= 0.3 is 5.69 Å². The summed E-state index contributed by atoms with van der Waals surface area (Å²) in [6.45, 7) is 1.40. The summed E-state index contributed by atoms with van der Waals surface area (Å²) >= 11 is 0. The van der Waals surface area contributed by atoms with Crippen molar-refractivity contribution < 1.29 is 18.8 Å². The van der Waals surface area contributed by atoms with Crippen molar-refractivity contribution in [3.05, 3.63) is 52.0 Å². The Morgan fingerprint density at radius 3 is 2.83 bits per heavy atom. The lowest BCUT2D eigenvalue weighted by molar-refractivity contribution is -0.387. The van der Waals surface area contributed by atoms with Crippen LogP contribution in [0.3, 0.4) is 0 Å². The van der Waals surface area contributed by atoms with Crippen LogP contribution in [0.2, 0.25) is 0 Å². The zero-order valence-electron chi connectivity index (χ0n) is 12.8. The van der Waals surface area contributed by atoms with E-state index in [1.165, 1.54) is 25.3 Å². The lowest BCUT2D eigenvalue weighted by Crippen LogP contribution is -2.14. The molecule has 0 bridgehead atoms. The van der Waals surface area contributed by atoms with Gasteiger partial charge in [-0.25, -0.2) is 4.98 Å². The highest BCUT2D eigenvalue weighted by Crippen LogP contribution is 2.33. The molecule has 0 saturated heterocycles. The highest BCUT2D eigenvalue weighted by Gasteiger charge is 2.29. The van der Waals surface area contributed by atoms with Gasteiger partial charge in [0.15, 0.2) is 0 Å². The number of nitro groups is 1. The van der Waals surface area contributed by atoms with Crippen molar-refractivity contribution in [3.8, 4) is 11.5 Å². The number of anilines is 1. The van der Waals surface area contributed by atoms with Crippen molar-refractivity contribution in [3.63, 3.8) is 0 Å². The molecular weight excluding hydrogens is 317 g/mol. The van der Waals surface area contributed by atoms with Crippen LogP contribution in [0.4, 0.5) is 15.9 Å². The molecule has 1 N–H and O–H groups in total. The van der Waals surface area contributed by atoms with Crippen molar-refractivity contribution in [2.45, 2.75) is 19.8 Å². The van der Waals surface area contributed by atoms with Crippen LogP contribution in [-0.2, 0) is 4.79 Å². The van der Waals surface area contributed by atoms with Gasteiger partial charge in [-0.05, 0) is 31.9 Å². The number of hydrogen-bond donors (Lipinski definition) is 1. The highest BCUT2D eigenvalue weighted by atomic mass is 19.1. The fourth-order valence-corrected chi connectivity index (χ4v) is 2.15. The van der Waals surface area contributed by atoms with Crippen molar-refractivity contribution in [1.29, 1.82) is 0 Å². The Morgan fingerprint density at radius 2 is 2.17 bits per heavy atom. The number of carbonyl (C=O) groups excluding carboxylic acids is 1. The molecular formula is C16H14FN3O4. The molecule has 0 aliphatic heterocycles. The van der Waals surface area contributed by atoms with Crippen LogP contribution in [0.1, 0.15) is 18.4 Å². The molecule has 8 heteroatoms. The van der Waals surface area contributed by atoms with Crippen molar-refractivity contribution >= 4 is 17.4 Å². The summed E-state index contributed by atoms with van der Waals surface area (Å²) in [4.78, 5) is 25.7. The van der Waals surface area contributed by atoms with Gasteiger partial charge in [0.25, 0.3) is 0 Å². The summed E-state index contributed by atoms with van der Waals surface area (Å²) in [5, 5.41) is 13.4. The second-order valence-corrected chi connectivity index (χ2v) is 5.52. The van der Waals surface area contributed by atoms with Crippen LogP contribution in [0.15, 0.2) is 30.5 Å². The summed E-state index contributed by atoms with van der Waals surface area (Å²) in [5.41, 5.74) is -0.573. The Bertz CT molecular complexity index is 821. The number of aromatic nitrogens is 1. The SMILES string of the molecule is Cc1c(Oc2ccnc(NC(=O)C3CC3)c2)ccc([N+](=O)[O-])c1F. The van der Waals surface area contributed by atoms with Gasteiger partial charge in [-0.2, -0.15) is 4.39 Å². The molecule has 1 fully saturated rings. The molecule has 1 aliphatic carbocycles. The molecule has 1 aromatic carbocycles. The van der Waals surface area contributed by atoms with Crippen LogP contribution in [0, 0.1) is 28.8 Å². The molecule has 1 aromatic heterocycles. The number of carbonyl (C=O) groups is 1. The van der Waals surface area contributed by atoms with Gasteiger partial charge < -0.3 is 10.1 Å². The molecule has 1 heterocycles. The van der Waals surface area contributed by atoms with Crippen LogP contribution in [0.25, 0.3) is 0 Å². The van der Waals surface area contributed by atoms with E-state index >= 15 is 0 Å². The Morgan fingerprint density at radius 1 is 1.42 bits per heavy atom. The lowest BCUT2D eigenvalue weighted by Gasteiger charge is -2.10. The summed E-state index contributed by atoms with van der Waals surface area (Å²) in [6.07, 6.45) is 3.21. The number of nitrogens with one attached hydrogen (secondary N) is 1. The summed E-state index contributed by atoms with van der Waals surface area (Å²) < 4.78 is 19.5. The first kappa shape index (κ1) is 15.9. The molecule has 2 aromatic rings. The first-order chi connectivity index (χ1) is 11.5. The number of rotatable bonds is 5. The Labute approximate surface area is 136 Å². The second kappa shape index (κ2) is 6.23. The minimum absolute atomic E-state index is 0.0320. The number of ether oxygens (including phenoxy) is 1. The predicted octanol–water partition coefficient (Wildman–Crippen LogP) is 3.58. The first-order valence-corrected chi connectivity index (χ1v) is 7.34. The molecule has 1 aliphatic rings. The van der Waals surface area contributed by atoms with E-state index in [2.05, 4.69) is 10.3 Å². The van der Waals surface area contributed by atoms with Crippen molar-refractivity contribution in [2.24, 2.45) is 5.92 Å². The number of nitrogens with zero attached hydrogens (tertiary/aromatic N) is 2. The maximum Gasteiger partial charge on any atom is 0.305 e. The number of halogens is 1. The van der Waals surface area contributed by atoms with Gasteiger partial charge in [-0.15, -0.1) is 0 Å². The zero-order chi connectivity index (χ0) is 17.3. The average Bonchev–Trinajstić information content (AvgIpc) is 3.37. The van der Waals surface area contributed by atoms with E-state index in [9.17, 15) is 19.3 Å². The van der Waals surface area contributed by atoms with Gasteiger partial charge in [0.05, 0.1) is 4.92 Å². The maximum atomic E-state index is 14.0. The number of hydrogen-bond acceptors (Lipinski definition) is 5. The topological polar surface area (TPSA) is 94.4 Å². The number of pyridine rings is 1. The lowest BCUT2D eigenvalue weighted by atomic mass is 10.2. The van der Waals surface area contributed by atoms with Gasteiger partial charge in [-0.3, -0.25) is 14.9 Å². The Kier molecular flexibility index (Phi) is 4.11. The minimum Gasteiger partial charge on any atom is -0.457 e. The van der Waals surface area contributed by atoms with Crippen molar-refractivity contribution in [1.82, 2.24) is 4.98 Å². The van der Waals surface area contributed by atoms with Gasteiger partial charge in [0, 0.05) is 29.8 Å². The summed E-state index contributed by atoms with van der Waals surface area (Å²) in [7, 11) is 0. The quantitative estimate of drug-likeness (QED) is 0.667. The monoisotopic (exact) mass is 331 g/mol. The van der Waals surface area contributed by atoms with E-state index in [1.807, 2.05) is 0 Å². The van der Waals surface area contributed by atoms with E-state index in [-0.39, 0.29) is 23.1 Å². The van der Waals surface area contributed by atoms with E-state index < -0.39 is 16.4 Å². The van der Waals surface area contributed by atoms with Crippen molar-refractivity contribution in [2.75, 3.05) is 5.32 Å². The molecule has 7 nitrogen and oxygen atoms in total. The van der Waals surface area contributed by atoms with E-state index in [0.717, 1.165) is 18.9 Å². The first-order valence-electron chi connectivity index (χ1n) is 7.34. The maximum absolute atomic E-state index is 14.0.